The van der Waals surface area contributed by atoms with Gasteiger partial charge in [0.05, 0.1) is 28.0 Å². The summed E-state index contributed by atoms with van der Waals surface area (Å²) in [7, 11) is 0. The zero-order valence-corrected chi connectivity index (χ0v) is 21.4. The van der Waals surface area contributed by atoms with Gasteiger partial charge in [-0.05, 0) is 48.0 Å². The molecule has 0 spiro atoms. The van der Waals surface area contributed by atoms with Crippen LogP contribution >= 0.6 is 0 Å². The summed E-state index contributed by atoms with van der Waals surface area (Å²) in [6.07, 6.45) is 1.62. The van der Waals surface area contributed by atoms with Gasteiger partial charge in [-0.1, -0.05) is 72.8 Å². The van der Waals surface area contributed by atoms with Crippen molar-refractivity contribution in [3.05, 3.63) is 133 Å². The zero-order chi connectivity index (χ0) is 26.6. The first-order valence-corrected chi connectivity index (χ1v) is 13.2. The second kappa shape index (κ2) is 8.69. The lowest BCUT2D eigenvalue weighted by molar-refractivity contribution is 0.669. The Hall–Kier alpha value is -5.66. The fourth-order valence-electron chi connectivity index (χ4n) is 5.84. The number of nitrogens with zero attached hydrogens (tertiary/aromatic N) is 3. The van der Waals surface area contributed by atoms with E-state index in [0.29, 0.717) is 5.56 Å². The molecule has 0 aliphatic carbocycles. The van der Waals surface area contributed by atoms with Crippen LogP contribution in [0.25, 0.3) is 71.8 Å². The normalized spacial score (nSPS) is 11.5. The molecule has 0 bridgehead atoms. The lowest BCUT2D eigenvalue weighted by atomic mass is 9.99. The average Bonchev–Trinajstić information content (AvgIpc) is 3.55. The first kappa shape index (κ1) is 22.3. The number of rotatable bonds is 3. The van der Waals surface area contributed by atoms with E-state index < -0.39 is 0 Å². The van der Waals surface area contributed by atoms with Gasteiger partial charge in [-0.2, -0.15) is 5.26 Å². The monoisotopic (exact) mass is 511 g/mol. The number of hydrogen-bond donors (Lipinski definition) is 0. The van der Waals surface area contributed by atoms with Crippen LogP contribution in [0, 0.1) is 11.3 Å². The van der Waals surface area contributed by atoms with E-state index >= 15 is 0 Å². The Morgan fingerprint density at radius 1 is 0.600 bits per heavy atom. The molecular formula is C36H21N3O. The van der Waals surface area contributed by atoms with Gasteiger partial charge in [-0.15, -0.1) is 0 Å². The Morgan fingerprint density at radius 3 is 2.27 bits per heavy atom. The summed E-state index contributed by atoms with van der Waals surface area (Å²) in [5.41, 5.74) is 9.71. The minimum absolute atomic E-state index is 0.551. The average molecular weight is 512 g/mol. The minimum atomic E-state index is 0.551. The highest BCUT2D eigenvalue weighted by Gasteiger charge is 2.18. The Bertz CT molecular complexity index is 2280. The Labute approximate surface area is 230 Å². The van der Waals surface area contributed by atoms with Crippen molar-refractivity contribution in [2.24, 2.45) is 0 Å². The van der Waals surface area contributed by atoms with Crippen LogP contribution in [-0.4, -0.2) is 9.55 Å². The van der Waals surface area contributed by atoms with E-state index in [-0.39, 0.29) is 0 Å². The number of para-hydroxylation sites is 3. The predicted octanol–water partition coefficient (Wildman–Crippen LogP) is 9.28. The number of pyridine rings is 1. The molecule has 4 heteroatoms. The molecule has 3 heterocycles. The molecule has 0 fully saturated rings. The number of benzene rings is 5. The van der Waals surface area contributed by atoms with E-state index in [1.54, 1.807) is 12.3 Å². The van der Waals surface area contributed by atoms with E-state index in [1.807, 2.05) is 18.2 Å². The van der Waals surface area contributed by atoms with Crippen molar-refractivity contribution < 1.29 is 4.42 Å². The highest BCUT2D eigenvalue weighted by Crippen LogP contribution is 2.40. The molecule has 0 aliphatic heterocycles. The van der Waals surface area contributed by atoms with Crippen LogP contribution in [-0.2, 0) is 0 Å². The van der Waals surface area contributed by atoms with E-state index in [2.05, 4.69) is 113 Å². The fraction of sp³-hybridized carbons (Fsp3) is 0. The summed E-state index contributed by atoms with van der Waals surface area (Å²) in [6.45, 7) is 0. The van der Waals surface area contributed by atoms with Crippen LogP contribution in [0.4, 0.5) is 0 Å². The van der Waals surface area contributed by atoms with Gasteiger partial charge in [0, 0.05) is 44.9 Å². The standard InChI is InChI=1S/C36H21N3O/c37-21-23-16-17-31(38-22-23)25-9-7-8-24(18-25)26-10-1-4-13-32(26)39-33-14-5-2-11-27(33)29-19-30-28-12-3-6-15-35(28)40-36(30)20-34(29)39/h1-20,22H. The van der Waals surface area contributed by atoms with Crippen LogP contribution in [0.3, 0.4) is 0 Å². The Balaban J connectivity index is 1.38. The zero-order valence-electron chi connectivity index (χ0n) is 21.4. The first-order chi connectivity index (χ1) is 19.8. The van der Waals surface area contributed by atoms with Gasteiger partial charge in [0.25, 0.3) is 0 Å². The highest BCUT2D eigenvalue weighted by molar-refractivity contribution is 6.17. The second-order valence-electron chi connectivity index (χ2n) is 9.96. The SMILES string of the molecule is N#Cc1ccc(-c2cccc(-c3ccccc3-n3c4ccccc4c4cc5c(cc43)oc3ccccc35)c2)nc1. The molecule has 5 aromatic carbocycles. The summed E-state index contributed by atoms with van der Waals surface area (Å²) in [5.74, 6) is 0. The van der Waals surface area contributed by atoms with Crippen molar-refractivity contribution in [1.29, 1.82) is 5.26 Å². The molecule has 186 valence electrons. The van der Waals surface area contributed by atoms with Crippen LogP contribution in [0.2, 0.25) is 0 Å². The molecule has 4 nitrogen and oxygen atoms in total. The maximum Gasteiger partial charge on any atom is 0.137 e. The first-order valence-electron chi connectivity index (χ1n) is 13.2. The van der Waals surface area contributed by atoms with Crippen molar-refractivity contribution in [3.8, 4) is 34.1 Å². The van der Waals surface area contributed by atoms with Gasteiger partial charge < -0.3 is 8.98 Å². The molecule has 0 atom stereocenters. The molecule has 0 saturated heterocycles. The van der Waals surface area contributed by atoms with E-state index in [4.69, 9.17) is 9.68 Å². The van der Waals surface area contributed by atoms with Gasteiger partial charge in [-0.25, -0.2) is 0 Å². The molecule has 8 aromatic rings. The van der Waals surface area contributed by atoms with Crippen molar-refractivity contribution in [2.75, 3.05) is 0 Å². The lowest BCUT2D eigenvalue weighted by Crippen LogP contribution is -1.97. The molecular weight excluding hydrogens is 490 g/mol. The topological polar surface area (TPSA) is 54.8 Å². The third kappa shape index (κ3) is 3.35. The molecule has 0 saturated carbocycles. The molecule has 0 radical (unpaired) electrons. The molecule has 8 rings (SSSR count). The van der Waals surface area contributed by atoms with Crippen LogP contribution in [0.5, 0.6) is 0 Å². The van der Waals surface area contributed by atoms with E-state index in [1.165, 1.54) is 10.8 Å². The maximum absolute atomic E-state index is 9.16. The van der Waals surface area contributed by atoms with Crippen molar-refractivity contribution in [3.63, 3.8) is 0 Å². The predicted molar refractivity (Wildman–Crippen MR) is 161 cm³/mol. The molecule has 40 heavy (non-hydrogen) atoms. The van der Waals surface area contributed by atoms with Gasteiger partial charge in [0.1, 0.15) is 17.2 Å². The van der Waals surface area contributed by atoms with E-state index in [9.17, 15) is 0 Å². The number of fused-ring (bicyclic) bond motifs is 6. The number of furan rings is 1. The van der Waals surface area contributed by atoms with E-state index in [0.717, 1.165) is 61.0 Å². The quantitative estimate of drug-likeness (QED) is 0.237. The maximum atomic E-state index is 9.16. The lowest BCUT2D eigenvalue weighted by Gasteiger charge is -2.14. The number of hydrogen-bond acceptors (Lipinski definition) is 3. The molecule has 0 amide bonds. The van der Waals surface area contributed by atoms with Crippen LogP contribution < -0.4 is 0 Å². The van der Waals surface area contributed by atoms with Gasteiger partial charge in [0.2, 0.25) is 0 Å². The highest BCUT2D eigenvalue weighted by atomic mass is 16.3. The molecule has 0 aliphatic rings. The van der Waals surface area contributed by atoms with Crippen LogP contribution in [0.1, 0.15) is 5.56 Å². The molecule has 3 aromatic heterocycles. The third-order valence-electron chi connectivity index (χ3n) is 7.68. The smallest absolute Gasteiger partial charge is 0.137 e. The third-order valence-corrected chi connectivity index (χ3v) is 7.68. The van der Waals surface area contributed by atoms with Gasteiger partial charge in [-0.3, -0.25) is 4.98 Å². The van der Waals surface area contributed by atoms with Crippen molar-refractivity contribution in [2.45, 2.75) is 0 Å². The Morgan fingerprint density at radius 2 is 1.40 bits per heavy atom. The van der Waals surface area contributed by atoms with Gasteiger partial charge >= 0.3 is 0 Å². The van der Waals surface area contributed by atoms with Crippen molar-refractivity contribution >= 4 is 43.7 Å². The molecule has 0 N–H and O–H groups in total. The van der Waals surface area contributed by atoms with Crippen molar-refractivity contribution in [1.82, 2.24) is 9.55 Å². The second-order valence-corrected chi connectivity index (χ2v) is 9.96. The van der Waals surface area contributed by atoms with Crippen LogP contribution in [0.15, 0.2) is 132 Å². The Kier molecular flexibility index (Phi) is 4.85. The molecule has 0 unspecified atom stereocenters. The summed E-state index contributed by atoms with van der Waals surface area (Å²) in [4.78, 5) is 4.52. The summed E-state index contributed by atoms with van der Waals surface area (Å²) in [6, 6.07) is 44.0. The largest absolute Gasteiger partial charge is 0.456 e. The fourth-order valence-corrected chi connectivity index (χ4v) is 5.84. The number of aromatic nitrogens is 2. The number of nitriles is 1. The van der Waals surface area contributed by atoms with Gasteiger partial charge in [0.15, 0.2) is 0 Å². The summed E-state index contributed by atoms with van der Waals surface area (Å²) >= 11 is 0. The summed E-state index contributed by atoms with van der Waals surface area (Å²) < 4.78 is 8.65. The summed E-state index contributed by atoms with van der Waals surface area (Å²) in [5, 5.41) is 13.8. The minimum Gasteiger partial charge on any atom is -0.456 e.